The van der Waals surface area contributed by atoms with Crippen LogP contribution in [0.1, 0.15) is 24.1 Å². The largest absolute Gasteiger partial charge is 0.312 e. The van der Waals surface area contributed by atoms with Crippen molar-refractivity contribution in [1.29, 1.82) is 0 Å². The molecule has 3 heterocycles. The monoisotopic (exact) mass is 319 g/mol. The SMILES string of the molecule is O=C1CCCN1c1ccc(C#Cc2cc3cccnc3n2F)cc1. The highest BCUT2D eigenvalue weighted by Crippen LogP contribution is 2.21. The predicted molar refractivity (Wildman–Crippen MR) is 90.2 cm³/mol. The molecule has 0 saturated carbocycles. The Hall–Kier alpha value is -3.13. The molecule has 1 aromatic carbocycles. The number of pyridine rings is 1. The molecule has 5 heteroatoms. The second-order valence-corrected chi connectivity index (χ2v) is 5.67. The van der Waals surface area contributed by atoms with Crippen LogP contribution < -0.4 is 4.90 Å². The van der Waals surface area contributed by atoms with Gasteiger partial charge in [-0.2, -0.15) is 4.79 Å². The average molecular weight is 319 g/mol. The number of hydrogen-bond donors (Lipinski definition) is 0. The van der Waals surface area contributed by atoms with Gasteiger partial charge >= 0.3 is 0 Å². The molecule has 1 fully saturated rings. The van der Waals surface area contributed by atoms with Gasteiger partial charge in [-0.15, -0.1) is 0 Å². The van der Waals surface area contributed by atoms with Gasteiger partial charge in [0.1, 0.15) is 5.69 Å². The quantitative estimate of drug-likeness (QED) is 0.646. The lowest BCUT2D eigenvalue weighted by Crippen LogP contribution is -2.23. The Balaban J connectivity index is 1.60. The van der Waals surface area contributed by atoms with E-state index in [-0.39, 0.29) is 17.2 Å². The summed E-state index contributed by atoms with van der Waals surface area (Å²) < 4.78 is 14.2. The molecule has 0 unspecified atom stereocenters. The Morgan fingerprint density at radius 3 is 2.67 bits per heavy atom. The molecule has 0 N–H and O–H groups in total. The van der Waals surface area contributed by atoms with Crippen LogP contribution in [0.2, 0.25) is 0 Å². The number of rotatable bonds is 1. The molecule has 0 spiro atoms. The molecule has 4 nitrogen and oxygen atoms in total. The van der Waals surface area contributed by atoms with Crippen LogP contribution >= 0.6 is 0 Å². The minimum Gasteiger partial charge on any atom is -0.312 e. The van der Waals surface area contributed by atoms with Crippen molar-refractivity contribution in [1.82, 2.24) is 9.77 Å². The zero-order valence-electron chi connectivity index (χ0n) is 12.9. The molecule has 0 radical (unpaired) electrons. The molecular formula is C19H14FN3O. The van der Waals surface area contributed by atoms with Gasteiger partial charge in [-0.1, -0.05) is 10.4 Å². The van der Waals surface area contributed by atoms with Crippen LogP contribution in [0.15, 0.2) is 48.7 Å². The maximum atomic E-state index is 14.2. The van der Waals surface area contributed by atoms with E-state index in [0.29, 0.717) is 16.6 Å². The number of halogens is 1. The highest BCUT2D eigenvalue weighted by atomic mass is 19.2. The van der Waals surface area contributed by atoms with Crippen LogP contribution in [0.25, 0.3) is 11.0 Å². The first-order chi connectivity index (χ1) is 11.7. The summed E-state index contributed by atoms with van der Waals surface area (Å²) in [7, 11) is 0. The van der Waals surface area contributed by atoms with E-state index >= 15 is 0 Å². The van der Waals surface area contributed by atoms with Crippen LogP contribution in [0.3, 0.4) is 0 Å². The highest BCUT2D eigenvalue weighted by molar-refractivity contribution is 5.95. The maximum absolute atomic E-state index is 14.2. The van der Waals surface area contributed by atoms with Crippen molar-refractivity contribution < 1.29 is 9.28 Å². The van der Waals surface area contributed by atoms with E-state index in [0.717, 1.165) is 24.2 Å². The molecule has 3 aromatic rings. The Bertz CT molecular complexity index is 979. The second-order valence-electron chi connectivity index (χ2n) is 5.67. The first-order valence-corrected chi connectivity index (χ1v) is 7.77. The number of amides is 1. The topological polar surface area (TPSA) is 38.1 Å². The second kappa shape index (κ2) is 5.82. The lowest BCUT2D eigenvalue weighted by Gasteiger charge is -2.15. The van der Waals surface area contributed by atoms with E-state index in [2.05, 4.69) is 16.8 Å². The van der Waals surface area contributed by atoms with Gasteiger partial charge in [0.15, 0.2) is 5.65 Å². The molecule has 0 aliphatic carbocycles. The summed E-state index contributed by atoms with van der Waals surface area (Å²) in [6, 6.07) is 12.7. The number of aromatic nitrogens is 2. The third kappa shape index (κ3) is 2.52. The van der Waals surface area contributed by atoms with Crippen molar-refractivity contribution in [2.45, 2.75) is 12.8 Å². The van der Waals surface area contributed by atoms with Gasteiger partial charge in [0.2, 0.25) is 5.91 Å². The summed E-state index contributed by atoms with van der Waals surface area (Å²) in [6.45, 7) is 0.763. The Morgan fingerprint density at radius 1 is 1.12 bits per heavy atom. The molecule has 0 atom stereocenters. The zero-order chi connectivity index (χ0) is 16.5. The van der Waals surface area contributed by atoms with Gasteiger partial charge in [-0.3, -0.25) is 4.79 Å². The van der Waals surface area contributed by atoms with Gasteiger partial charge in [0.25, 0.3) is 0 Å². The van der Waals surface area contributed by atoms with Crippen LogP contribution in [0.4, 0.5) is 10.2 Å². The number of fused-ring (bicyclic) bond motifs is 1. The Morgan fingerprint density at radius 2 is 1.96 bits per heavy atom. The fraction of sp³-hybridized carbons (Fsp3) is 0.158. The van der Waals surface area contributed by atoms with E-state index in [4.69, 9.17) is 0 Å². The normalized spacial score (nSPS) is 14.0. The third-order valence-electron chi connectivity index (χ3n) is 4.09. The van der Waals surface area contributed by atoms with Crippen molar-refractivity contribution in [3.05, 3.63) is 59.9 Å². The summed E-state index contributed by atoms with van der Waals surface area (Å²) in [6.07, 6.45) is 3.06. The van der Waals surface area contributed by atoms with Crippen LogP contribution in [0, 0.1) is 11.8 Å². The minimum absolute atomic E-state index is 0.156. The number of carbonyl (C=O) groups excluding carboxylic acids is 1. The van der Waals surface area contributed by atoms with Gasteiger partial charge in [0.05, 0.1) is 0 Å². The van der Waals surface area contributed by atoms with Crippen molar-refractivity contribution in [2.24, 2.45) is 0 Å². The summed E-state index contributed by atoms with van der Waals surface area (Å²) in [5.74, 6) is 5.94. The predicted octanol–water partition coefficient (Wildman–Crippen LogP) is 3.30. The first-order valence-electron chi connectivity index (χ1n) is 7.77. The highest BCUT2D eigenvalue weighted by Gasteiger charge is 2.21. The molecule has 118 valence electrons. The molecule has 1 aliphatic heterocycles. The Labute approximate surface area is 138 Å². The molecule has 1 amide bonds. The minimum atomic E-state index is 0.156. The van der Waals surface area contributed by atoms with E-state index in [1.54, 1.807) is 29.3 Å². The first kappa shape index (κ1) is 14.5. The molecule has 0 bridgehead atoms. The average Bonchev–Trinajstić information content (AvgIpc) is 3.18. The number of hydrogen-bond acceptors (Lipinski definition) is 2. The summed E-state index contributed by atoms with van der Waals surface area (Å²) >= 11 is 0. The number of benzene rings is 1. The Kier molecular flexibility index (Phi) is 3.51. The lowest BCUT2D eigenvalue weighted by atomic mass is 10.2. The summed E-state index contributed by atoms with van der Waals surface area (Å²) in [5, 5.41) is 0.715. The number of nitrogens with zero attached hydrogens (tertiary/aromatic N) is 3. The van der Waals surface area contributed by atoms with Crippen molar-refractivity contribution >= 4 is 22.6 Å². The van der Waals surface area contributed by atoms with Crippen LogP contribution in [-0.4, -0.2) is 22.2 Å². The van der Waals surface area contributed by atoms with Crippen LogP contribution in [0.5, 0.6) is 0 Å². The molecule has 4 rings (SSSR count). The zero-order valence-corrected chi connectivity index (χ0v) is 12.9. The smallest absolute Gasteiger partial charge is 0.227 e. The van der Waals surface area contributed by atoms with E-state index in [1.807, 2.05) is 24.3 Å². The fourth-order valence-corrected chi connectivity index (χ4v) is 2.87. The van der Waals surface area contributed by atoms with E-state index in [9.17, 15) is 9.28 Å². The maximum Gasteiger partial charge on any atom is 0.227 e. The van der Waals surface area contributed by atoms with Gasteiger partial charge < -0.3 is 4.90 Å². The molecule has 1 saturated heterocycles. The lowest BCUT2D eigenvalue weighted by molar-refractivity contribution is -0.117. The standard InChI is InChI=1S/C19H14FN3O/c20-23-17(13-15-3-1-11-21-19(15)23)10-7-14-5-8-16(9-6-14)22-12-2-4-18(22)24/h1,3,5-6,8-9,11,13H,2,4,12H2. The van der Waals surface area contributed by atoms with Crippen molar-refractivity contribution in [2.75, 3.05) is 11.4 Å². The number of carbonyl (C=O) groups is 1. The van der Waals surface area contributed by atoms with Gasteiger partial charge in [0, 0.05) is 35.8 Å². The van der Waals surface area contributed by atoms with Gasteiger partial charge in [-0.25, -0.2) is 4.98 Å². The third-order valence-corrected chi connectivity index (χ3v) is 4.09. The van der Waals surface area contributed by atoms with Crippen LogP contribution in [-0.2, 0) is 4.79 Å². The number of anilines is 1. The fourth-order valence-electron chi connectivity index (χ4n) is 2.87. The molecular weight excluding hydrogens is 305 g/mol. The van der Waals surface area contributed by atoms with Crippen molar-refractivity contribution in [3.63, 3.8) is 0 Å². The molecule has 2 aromatic heterocycles. The van der Waals surface area contributed by atoms with E-state index in [1.165, 1.54) is 0 Å². The molecule has 24 heavy (non-hydrogen) atoms. The van der Waals surface area contributed by atoms with Crippen molar-refractivity contribution in [3.8, 4) is 11.8 Å². The van der Waals surface area contributed by atoms with E-state index < -0.39 is 0 Å². The molecule has 1 aliphatic rings. The summed E-state index contributed by atoms with van der Waals surface area (Å²) in [5.41, 5.74) is 2.18. The van der Waals surface area contributed by atoms with Gasteiger partial charge in [-0.05, 0) is 54.8 Å². The summed E-state index contributed by atoms with van der Waals surface area (Å²) in [4.78, 5) is 18.0.